The van der Waals surface area contributed by atoms with Crippen LogP contribution in [-0.2, 0) is 22.6 Å². The number of hydrogen-bond donors (Lipinski definition) is 1. The molecule has 9 heteroatoms. The molecule has 1 aromatic heterocycles. The summed E-state index contributed by atoms with van der Waals surface area (Å²) in [5.74, 6) is -0.666. The number of nitrogens with one attached hydrogen (secondary N) is 1. The van der Waals surface area contributed by atoms with Crippen molar-refractivity contribution >= 4 is 29.2 Å². The fourth-order valence-corrected chi connectivity index (χ4v) is 4.76. The quantitative estimate of drug-likeness (QED) is 0.739. The zero-order valence-corrected chi connectivity index (χ0v) is 17.5. The van der Waals surface area contributed by atoms with Gasteiger partial charge in [-0.25, -0.2) is 14.2 Å². The van der Waals surface area contributed by atoms with Crippen molar-refractivity contribution in [1.29, 1.82) is 0 Å². The van der Waals surface area contributed by atoms with Gasteiger partial charge in [-0.2, -0.15) is 0 Å². The predicted octanol–water partition coefficient (Wildman–Crippen LogP) is 2.57. The standard InChI is InChI=1S/C21H23FN4O3S/c1-21(15-6-8-25(9-7-15)18(27)10-17-12-30-13-23-17)19(28)26(20(29)24-21)11-14-2-4-16(22)5-3-14/h2-5,12-13,15H,6-11H2,1H3,(H,24,29). The predicted molar refractivity (Wildman–Crippen MR) is 109 cm³/mol. The largest absolute Gasteiger partial charge is 0.342 e. The normalized spacial score (nSPS) is 22.5. The highest BCUT2D eigenvalue weighted by molar-refractivity contribution is 7.07. The summed E-state index contributed by atoms with van der Waals surface area (Å²) in [7, 11) is 0. The molecule has 1 atom stereocenters. The molecule has 158 valence electrons. The van der Waals surface area contributed by atoms with Gasteiger partial charge in [0, 0.05) is 18.5 Å². The summed E-state index contributed by atoms with van der Waals surface area (Å²) in [6.07, 6.45) is 1.55. The molecule has 7 nitrogen and oxygen atoms in total. The molecule has 2 aromatic rings. The lowest BCUT2D eigenvalue weighted by atomic mass is 9.79. The van der Waals surface area contributed by atoms with E-state index in [1.54, 1.807) is 29.5 Å². The van der Waals surface area contributed by atoms with Crippen LogP contribution in [0.1, 0.15) is 31.0 Å². The van der Waals surface area contributed by atoms with Crippen LogP contribution in [0.4, 0.5) is 9.18 Å². The lowest BCUT2D eigenvalue weighted by Crippen LogP contribution is -2.54. The van der Waals surface area contributed by atoms with Gasteiger partial charge in [-0.15, -0.1) is 11.3 Å². The third-order valence-electron chi connectivity index (χ3n) is 6.04. The van der Waals surface area contributed by atoms with Crippen LogP contribution >= 0.6 is 11.3 Å². The summed E-state index contributed by atoms with van der Waals surface area (Å²) in [5.41, 5.74) is 2.17. The van der Waals surface area contributed by atoms with Crippen LogP contribution in [0.25, 0.3) is 0 Å². The summed E-state index contributed by atoms with van der Waals surface area (Å²) < 4.78 is 13.1. The summed E-state index contributed by atoms with van der Waals surface area (Å²) in [5, 5.41) is 4.73. The molecule has 1 N–H and O–H groups in total. The van der Waals surface area contributed by atoms with E-state index in [9.17, 15) is 18.8 Å². The van der Waals surface area contributed by atoms with E-state index in [0.29, 0.717) is 31.5 Å². The molecule has 1 aromatic carbocycles. The van der Waals surface area contributed by atoms with Crippen molar-refractivity contribution in [2.75, 3.05) is 13.1 Å². The van der Waals surface area contributed by atoms with Gasteiger partial charge in [-0.3, -0.25) is 14.5 Å². The zero-order chi connectivity index (χ0) is 21.3. The average Bonchev–Trinajstić information content (AvgIpc) is 3.32. The topological polar surface area (TPSA) is 82.6 Å². The van der Waals surface area contributed by atoms with E-state index < -0.39 is 11.6 Å². The molecule has 2 aliphatic heterocycles. The van der Waals surface area contributed by atoms with Crippen LogP contribution in [0.3, 0.4) is 0 Å². The van der Waals surface area contributed by atoms with Gasteiger partial charge in [0.05, 0.1) is 24.2 Å². The second-order valence-electron chi connectivity index (χ2n) is 7.96. The number of halogens is 1. The lowest BCUT2D eigenvalue weighted by molar-refractivity contribution is -0.135. The maximum Gasteiger partial charge on any atom is 0.325 e. The molecule has 0 spiro atoms. The molecule has 4 rings (SSSR count). The van der Waals surface area contributed by atoms with Gasteiger partial charge in [-0.1, -0.05) is 12.1 Å². The van der Waals surface area contributed by atoms with Crippen LogP contribution in [0.15, 0.2) is 35.2 Å². The molecule has 2 fully saturated rings. The lowest BCUT2D eigenvalue weighted by Gasteiger charge is -2.38. The number of piperidine rings is 1. The summed E-state index contributed by atoms with van der Waals surface area (Å²) in [6.45, 7) is 2.95. The minimum absolute atomic E-state index is 0.0317. The molecule has 0 aliphatic carbocycles. The minimum atomic E-state index is -0.999. The first-order valence-corrected chi connectivity index (χ1v) is 10.8. The number of rotatable bonds is 5. The number of carbonyl (C=O) groups excluding carboxylic acids is 3. The number of imide groups is 1. The fraction of sp³-hybridized carbons (Fsp3) is 0.429. The van der Waals surface area contributed by atoms with E-state index in [1.165, 1.54) is 28.4 Å². The van der Waals surface area contributed by atoms with Crippen LogP contribution in [0.5, 0.6) is 0 Å². The van der Waals surface area contributed by atoms with Crippen LogP contribution in [0, 0.1) is 11.7 Å². The molecule has 3 heterocycles. The molecule has 1 unspecified atom stereocenters. The number of likely N-dealkylation sites (tertiary alicyclic amines) is 1. The second-order valence-corrected chi connectivity index (χ2v) is 8.68. The van der Waals surface area contributed by atoms with E-state index in [0.717, 1.165) is 5.69 Å². The molecule has 0 saturated carbocycles. The molecule has 0 radical (unpaired) electrons. The Kier molecular flexibility index (Phi) is 5.55. The van der Waals surface area contributed by atoms with Crippen molar-refractivity contribution in [2.45, 2.75) is 38.3 Å². The smallest absolute Gasteiger partial charge is 0.325 e. The van der Waals surface area contributed by atoms with E-state index in [1.807, 2.05) is 5.38 Å². The summed E-state index contributed by atoms with van der Waals surface area (Å²) >= 11 is 1.46. The number of urea groups is 1. The molecule has 4 amide bonds. The maximum absolute atomic E-state index is 13.1. The molecule has 2 saturated heterocycles. The Balaban J connectivity index is 1.38. The molecule has 2 aliphatic rings. The number of carbonyl (C=O) groups is 3. The van der Waals surface area contributed by atoms with Gasteiger partial charge in [0.25, 0.3) is 5.91 Å². The summed E-state index contributed by atoms with van der Waals surface area (Å²) in [6, 6.07) is 5.32. The van der Waals surface area contributed by atoms with Gasteiger partial charge in [0.2, 0.25) is 5.91 Å². The average molecular weight is 431 g/mol. The Bertz CT molecular complexity index is 942. The van der Waals surface area contributed by atoms with Crippen molar-refractivity contribution in [2.24, 2.45) is 5.92 Å². The first kappa shape index (κ1) is 20.5. The molecule has 30 heavy (non-hydrogen) atoms. The van der Waals surface area contributed by atoms with Gasteiger partial charge >= 0.3 is 6.03 Å². The molecular formula is C21H23FN4O3S. The van der Waals surface area contributed by atoms with Crippen LogP contribution in [-0.4, -0.2) is 51.3 Å². The first-order chi connectivity index (χ1) is 14.4. The van der Waals surface area contributed by atoms with Gasteiger partial charge in [-0.05, 0) is 43.4 Å². The highest BCUT2D eigenvalue weighted by Gasteiger charge is 2.52. The molecule has 0 bridgehead atoms. The number of benzene rings is 1. The first-order valence-electron chi connectivity index (χ1n) is 9.90. The number of hydrogen-bond acceptors (Lipinski definition) is 5. The Morgan fingerprint density at radius 1 is 1.27 bits per heavy atom. The number of nitrogens with zero attached hydrogens (tertiary/aromatic N) is 3. The van der Waals surface area contributed by atoms with E-state index in [2.05, 4.69) is 10.3 Å². The monoisotopic (exact) mass is 430 g/mol. The fourth-order valence-electron chi connectivity index (χ4n) is 4.21. The number of amides is 4. The third-order valence-corrected chi connectivity index (χ3v) is 6.67. The van der Waals surface area contributed by atoms with E-state index >= 15 is 0 Å². The van der Waals surface area contributed by atoms with E-state index in [4.69, 9.17) is 0 Å². The van der Waals surface area contributed by atoms with Crippen molar-refractivity contribution in [3.8, 4) is 0 Å². The minimum Gasteiger partial charge on any atom is -0.342 e. The molecular weight excluding hydrogens is 407 g/mol. The van der Waals surface area contributed by atoms with Gasteiger partial charge < -0.3 is 10.2 Å². The summed E-state index contributed by atoms with van der Waals surface area (Å²) in [4.78, 5) is 45.3. The number of aromatic nitrogens is 1. The van der Waals surface area contributed by atoms with Crippen LogP contribution in [0.2, 0.25) is 0 Å². The maximum atomic E-state index is 13.1. The highest BCUT2D eigenvalue weighted by atomic mass is 32.1. The Morgan fingerprint density at radius 2 is 1.97 bits per heavy atom. The Hall–Kier alpha value is -2.81. The Morgan fingerprint density at radius 3 is 2.60 bits per heavy atom. The zero-order valence-electron chi connectivity index (χ0n) is 16.6. The van der Waals surface area contributed by atoms with Crippen molar-refractivity contribution in [3.05, 3.63) is 52.2 Å². The second kappa shape index (κ2) is 8.14. The van der Waals surface area contributed by atoms with Crippen LogP contribution < -0.4 is 5.32 Å². The van der Waals surface area contributed by atoms with Gasteiger partial charge in [0.1, 0.15) is 11.4 Å². The number of thiazole rings is 1. The Labute approximate surface area is 177 Å². The van der Waals surface area contributed by atoms with E-state index in [-0.39, 0.29) is 36.5 Å². The highest BCUT2D eigenvalue weighted by Crippen LogP contribution is 2.34. The van der Waals surface area contributed by atoms with Gasteiger partial charge in [0.15, 0.2) is 0 Å². The third kappa shape index (κ3) is 3.94. The van der Waals surface area contributed by atoms with Crippen molar-refractivity contribution in [3.63, 3.8) is 0 Å². The SMILES string of the molecule is CC1(C2CCN(C(=O)Cc3cscn3)CC2)NC(=O)N(Cc2ccc(F)cc2)C1=O. The van der Waals surface area contributed by atoms with Crippen molar-refractivity contribution in [1.82, 2.24) is 20.1 Å². The van der Waals surface area contributed by atoms with Crippen molar-refractivity contribution < 1.29 is 18.8 Å².